The second-order valence-corrected chi connectivity index (χ2v) is 7.96. The summed E-state index contributed by atoms with van der Waals surface area (Å²) in [5.74, 6) is 0.555. The second-order valence-electron chi connectivity index (χ2n) is 6.13. The van der Waals surface area contributed by atoms with Gasteiger partial charge in [-0.2, -0.15) is 9.40 Å². The van der Waals surface area contributed by atoms with Crippen LogP contribution < -0.4 is 0 Å². The van der Waals surface area contributed by atoms with E-state index in [1.165, 1.54) is 25.7 Å². The summed E-state index contributed by atoms with van der Waals surface area (Å²) >= 11 is 0. The Kier molecular flexibility index (Phi) is 3.62. The van der Waals surface area contributed by atoms with Crippen molar-refractivity contribution in [1.29, 1.82) is 0 Å². The molecule has 1 atom stereocenters. The van der Waals surface area contributed by atoms with Crippen LogP contribution in [0.1, 0.15) is 49.9 Å². The maximum atomic E-state index is 13.0. The standard InChI is InChI=1S/C14H23N3O2S/c1-10-14(11(2)16-15-10)20(18,19)17-9-5-8-13(17)12-6-3-4-7-12/h12-13H,3-9H2,1-2H3,(H,15,16). The van der Waals surface area contributed by atoms with Crippen LogP contribution in [0.15, 0.2) is 4.90 Å². The number of aromatic nitrogens is 2. The van der Waals surface area contributed by atoms with E-state index in [-0.39, 0.29) is 6.04 Å². The molecule has 2 fully saturated rings. The number of sulfonamides is 1. The molecule has 1 unspecified atom stereocenters. The maximum Gasteiger partial charge on any atom is 0.246 e. The minimum Gasteiger partial charge on any atom is -0.281 e. The van der Waals surface area contributed by atoms with Crippen molar-refractivity contribution in [2.45, 2.75) is 63.3 Å². The molecule has 0 bridgehead atoms. The molecule has 1 saturated carbocycles. The Bertz CT molecular complexity index is 568. The van der Waals surface area contributed by atoms with Crippen molar-refractivity contribution in [2.24, 2.45) is 5.92 Å². The van der Waals surface area contributed by atoms with E-state index in [1.807, 2.05) is 0 Å². The van der Waals surface area contributed by atoms with E-state index in [9.17, 15) is 8.42 Å². The molecule has 0 spiro atoms. The quantitative estimate of drug-likeness (QED) is 0.931. The molecule has 2 aliphatic rings. The molecule has 1 N–H and O–H groups in total. The normalized spacial score (nSPS) is 25.6. The molecule has 112 valence electrons. The molecule has 0 amide bonds. The van der Waals surface area contributed by atoms with Crippen LogP contribution in [-0.4, -0.2) is 35.5 Å². The molecule has 2 heterocycles. The number of nitrogens with one attached hydrogen (secondary N) is 1. The molecular weight excluding hydrogens is 274 g/mol. The number of rotatable bonds is 3. The maximum absolute atomic E-state index is 13.0. The van der Waals surface area contributed by atoms with Gasteiger partial charge >= 0.3 is 0 Å². The van der Waals surface area contributed by atoms with Crippen LogP contribution in [0.2, 0.25) is 0 Å². The van der Waals surface area contributed by atoms with E-state index in [0.717, 1.165) is 12.8 Å². The average Bonchev–Trinajstić information content (AvgIpc) is 3.08. The van der Waals surface area contributed by atoms with Gasteiger partial charge in [0.15, 0.2) is 0 Å². The lowest BCUT2D eigenvalue weighted by atomic mass is 9.97. The SMILES string of the molecule is Cc1n[nH]c(C)c1S(=O)(=O)N1CCCC1C1CCCC1. The van der Waals surface area contributed by atoms with Crippen LogP contribution in [0.25, 0.3) is 0 Å². The summed E-state index contributed by atoms with van der Waals surface area (Å²) in [4.78, 5) is 0.391. The summed E-state index contributed by atoms with van der Waals surface area (Å²) in [5, 5.41) is 6.84. The third kappa shape index (κ3) is 2.19. The van der Waals surface area contributed by atoms with Gasteiger partial charge in [0, 0.05) is 12.6 Å². The number of aryl methyl sites for hydroxylation is 2. The minimum absolute atomic E-state index is 0.205. The zero-order chi connectivity index (χ0) is 14.3. The Balaban J connectivity index is 1.94. The van der Waals surface area contributed by atoms with Crippen molar-refractivity contribution in [1.82, 2.24) is 14.5 Å². The Morgan fingerprint density at radius 2 is 1.85 bits per heavy atom. The Morgan fingerprint density at radius 1 is 1.15 bits per heavy atom. The van der Waals surface area contributed by atoms with Crippen LogP contribution in [0.5, 0.6) is 0 Å². The molecule has 0 radical (unpaired) electrons. The van der Waals surface area contributed by atoms with Crippen molar-refractivity contribution < 1.29 is 8.42 Å². The lowest BCUT2D eigenvalue weighted by Crippen LogP contribution is -2.39. The minimum atomic E-state index is -3.40. The number of aromatic amines is 1. The highest BCUT2D eigenvalue weighted by molar-refractivity contribution is 7.89. The molecule has 1 aliphatic heterocycles. The first-order valence-corrected chi connectivity index (χ1v) is 8.99. The molecule has 3 rings (SSSR count). The lowest BCUT2D eigenvalue weighted by molar-refractivity contribution is 0.288. The van der Waals surface area contributed by atoms with E-state index in [2.05, 4.69) is 10.2 Å². The van der Waals surface area contributed by atoms with Crippen molar-refractivity contribution in [3.63, 3.8) is 0 Å². The number of H-pyrrole nitrogens is 1. The van der Waals surface area contributed by atoms with Crippen molar-refractivity contribution in [3.05, 3.63) is 11.4 Å². The van der Waals surface area contributed by atoms with Crippen molar-refractivity contribution >= 4 is 10.0 Å². The molecule has 5 nitrogen and oxygen atoms in total. The van der Waals surface area contributed by atoms with Gasteiger partial charge < -0.3 is 0 Å². The fourth-order valence-electron chi connectivity index (χ4n) is 3.92. The van der Waals surface area contributed by atoms with Gasteiger partial charge in [-0.3, -0.25) is 5.10 Å². The van der Waals surface area contributed by atoms with Crippen LogP contribution in [0, 0.1) is 19.8 Å². The first-order chi connectivity index (χ1) is 9.51. The van der Waals surface area contributed by atoms with Gasteiger partial charge in [-0.05, 0) is 45.4 Å². The average molecular weight is 297 g/mol. The molecule has 1 saturated heterocycles. The van der Waals surface area contributed by atoms with Crippen molar-refractivity contribution in [3.8, 4) is 0 Å². The van der Waals surface area contributed by atoms with Crippen LogP contribution in [0.3, 0.4) is 0 Å². The Labute approximate surface area is 120 Å². The predicted molar refractivity (Wildman–Crippen MR) is 76.9 cm³/mol. The van der Waals surface area contributed by atoms with Gasteiger partial charge in [0.05, 0.1) is 11.4 Å². The zero-order valence-electron chi connectivity index (χ0n) is 12.2. The summed E-state index contributed by atoms with van der Waals surface area (Å²) in [6.07, 6.45) is 6.86. The summed E-state index contributed by atoms with van der Waals surface area (Å²) < 4.78 is 27.7. The van der Waals surface area contributed by atoms with Gasteiger partial charge in [-0.1, -0.05) is 12.8 Å². The third-order valence-electron chi connectivity index (χ3n) is 4.82. The molecule has 20 heavy (non-hydrogen) atoms. The Morgan fingerprint density at radius 3 is 2.45 bits per heavy atom. The van der Waals surface area contributed by atoms with Crippen LogP contribution in [-0.2, 0) is 10.0 Å². The molecule has 6 heteroatoms. The number of hydrogen-bond acceptors (Lipinski definition) is 3. The van der Waals surface area contributed by atoms with Crippen LogP contribution >= 0.6 is 0 Å². The molecule has 1 aromatic heterocycles. The summed E-state index contributed by atoms with van der Waals surface area (Å²) in [5.41, 5.74) is 1.24. The Hall–Kier alpha value is -0.880. The van der Waals surface area contributed by atoms with E-state index in [1.54, 1.807) is 18.2 Å². The number of nitrogens with zero attached hydrogens (tertiary/aromatic N) is 2. The zero-order valence-corrected chi connectivity index (χ0v) is 13.0. The first kappa shape index (κ1) is 14.1. The van der Waals surface area contributed by atoms with Gasteiger partial charge in [0.2, 0.25) is 10.0 Å². The van der Waals surface area contributed by atoms with Gasteiger partial charge in [-0.15, -0.1) is 0 Å². The molecule has 1 aromatic rings. The van der Waals surface area contributed by atoms with E-state index in [0.29, 0.717) is 28.7 Å². The smallest absolute Gasteiger partial charge is 0.246 e. The van der Waals surface area contributed by atoms with E-state index >= 15 is 0 Å². The molecule has 0 aromatic carbocycles. The van der Waals surface area contributed by atoms with Crippen molar-refractivity contribution in [2.75, 3.05) is 6.54 Å². The largest absolute Gasteiger partial charge is 0.281 e. The third-order valence-corrected chi connectivity index (χ3v) is 7.01. The second kappa shape index (κ2) is 5.15. The lowest BCUT2D eigenvalue weighted by Gasteiger charge is -2.28. The first-order valence-electron chi connectivity index (χ1n) is 7.55. The monoisotopic (exact) mass is 297 g/mol. The fraction of sp³-hybridized carbons (Fsp3) is 0.786. The predicted octanol–water partition coefficient (Wildman–Crippen LogP) is 2.37. The van der Waals surface area contributed by atoms with Crippen LogP contribution in [0.4, 0.5) is 0 Å². The van der Waals surface area contributed by atoms with Gasteiger partial charge in [0.25, 0.3) is 0 Å². The highest BCUT2D eigenvalue weighted by Crippen LogP contribution is 2.38. The topological polar surface area (TPSA) is 66.1 Å². The summed E-state index contributed by atoms with van der Waals surface area (Å²) in [6, 6.07) is 0.205. The highest BCUT2D eigenvalue weighted by Gasteiger charge is 2.41. The summed E-state index contributed by atoms with van der Waals surface area (Å²) in [7, 11) is -3.40. The molecule has 1 aliphatic carbocycles. The van der Waals surface area contributed by atoms with Gasteiger partial charge in [-0.25, -0.2) is 8.42 Å². The van der Waals surface area contributed by atoms with Gasteiger partial charge in [0.1, 0.15) is 4.90 Å². The number of hydrogen-bond donors (Lipinski definition) is 1. The van der Waals surface area contributed by atoms with E-state index in [4.69, 9.17) is 0 Å². The highest BCUT2D eigenvalue weighted by atomic mass is 32.2. The van der Waals surface area contributed by atoms with E-state index < -0.39 is 10.0 Å². The fourth-order valence-corrected chi connectivity index (χ4v) is 6.01. The summed E-state index contributed by atoms with van der Waals surface area (Å²) in [6.45, 7) is 4.21. The molecular formula is C14H23N3O2S.